The van der Waals surface area contributed by atoms with Crippen LogP contribution in [0, 0.1) is 10.1 Å². The Morgan fingerprint density at radius 1 is 1.44 bits per heavy atom. The maximum absolute atomic E-state index is 11.5. The van der Waals surface area contributed by atoms with E-state index in [1.54, 1.807) is 26.0 Å². The van der Waals surface area contributed by atoms with E-state index in [9.17, 15) is 14.9 Å². The summed E-state index contributed by atoms with van der Waals surface area (Å²) in [7, 11) is 1.29. The molecular formula is C11H13NO4. The fourth-order valence-corrected chi connectivity index (χ4v) is 1.38. The van der Waals surface area contributed by atoms with Crippen molar-refractivity contribution in [2.24, 2.45) is 0 Å². The van der Waals surface area contributed by atoms with Gasteiger partial charge in [0.25, 0.3) is 5.69 Å². The Morgan fingerprint density at radius 3 is 2.56 bits per heavy atom. The lowest BCUT2D eigenvalue weighted by Gasteiger charge is -2.21. The Labute approximate surface area is 93.2 Å². The van der Waals surface area contributed by atoms with Gasteiger partial charge in [0, 0.05) is 12.1 Å². The molecule has 16 heavy (non-hydrogen) atoms. The van der Waals surface area contributed by atoms with E-state index in [1.807, 2.05) is 0 Å². The number of rotatable bonds is 3. The van der Waals surface area contributed by atoms with Gasteiger partial charge in [0.2, 0.25) is 0 Å². The molecule has 0 atom stereocenters. The molecule has 5 heteroatoms. The standard InChI is InChI=1S/C11H13NO4/c1-11(2,10(13)16-3)8-5-4-6-9(7-8)12(14)15/h4-7H,1-3H3. The van der Waals surface area contributed by atoms with Gasteiger partial charge >= 0.3 is 5.97 Å². The minimum absolute atomic E-state index is 0.0329. The molecule has 0 bridgehead atoms. The normalized spacial score (nSPS) is 10.9. The summed E-state index contributed by atoms with van der Waals surface area (Å²) < 4.78 is 4.66. The Balaban J connectivity index is 3.18. The first-order valence-electron chi connectivity index (χ1n) is 4.73. The number of hydrogen-bond acceptors (Lipinski definition) is 4. The van der Waals surface area contributed by atoms with Crippen molar-refractivity contribution in [1.29, 1.82) is 0 Å². The van der Waals surface area contributed by atoms with Crippen LogP contribution in [0.1, 0.15) is 19.4 Å². The van der Waals surface area contributed by atoms with Gasteiger partial charge in [-0.3, -0.25) is 14.9 Å². The van der Waals surface area contributed by atoms with E-state index in [4.69, 9.17) is 0 Å². The molecule has 0 aliphatic heterocycles. The summed E-state index contributed by atoms with van der Waals surface area (Å²) in [6.45, 7) is 3.33. The summed E-state index contributed by atoms with van der Waals surface area (Å²) in [5.74, 6) is -0.423. The summed E-state index contributed by atoms with van der Waals surface area (Å²) >= 11 is 0. The van der Waals surface area contributed by atoms with Crippen LogP contribution in [0.3, 0.4) is 0 Å². The second kappa shape index (κ2) is 4.30. The monoisotopic (exact) mass is 223 g/mol. The fraction of sp³-hybridized carbons (Fsp3) is 0.364. The van der Waals surface area contributed by atoms with Gasteiger partial charge in [0.05, 0.1) is 17.4 Å². The predicted molar refractivity (Wildman–Crippen MR) is 58.1 cm³/mol. The van der Waals surface area contributed by atoms with Crippen LogP contribution in [0.4, 0.5) is 5.69 Å². The van der Waals surface area contributed by atoms with Crippen LogP contribution in [0.25, 0.3) is 0 Å². The van der Waals surface area contributed by atoms with Crippen LogP contribution in [-0.2, 0) is 14.9 Å². The molecule has 1 aromatic carbocycles. The van der Waals surface area contributed by atoms with Gasteiger partial charge in [-0.15, -0.1) is 0 Å². The van der Waals surface area contributed by atoms with Gasteiger partial charge in [-0.25, -0.2) is 0 Å². The van der Waals surface area contributed by atoms with Crippen molar-refractivity contribution in [1.82, 2.24) is 0 Å². The molecule has 86 valence electrons. The number of ether oxygens (including phenoxy) is 1. The third-order valence-electron chi connectivity index (χ3n) is 2.47. The van der Waals surface area contributed by atoms with Crippen LogP contribution in [0.2, 0.25) is 0 Å². The number of methoxy groups -OCH3 is 1. The molecule has 1 aromatic rings. The number of benzene rings is 1. The molecule has 0 unspecified atom stereocenters. The quantitative estimate of drug-likeness (QED) is 0.446. The molecule has 0 aliphatic rings. The smallest absolute Gasteiger partial charge is 0.315 e. The van der Waals surface area contributed by atoms with Crippen molar-refractivity contribution in [3.05, 3.63) is 39.9 Å². The van der Waals surface area contributed by atoms with Gasteiger partial charge in [-0.05, 0) is 19.4 Å². The van der Waals surface area contributed by atoms with E-state index in [0.717, 1.165) is 0 Å². The zero-order chi connectivity index (χ0) is 12.3. The molecule has 5 nitrogen and oxygen atoms in total. The van der Waals surface area contributed by atoms with Crippen molar-refractivity contribution in [2.45, 2.75) is 19.3 Å². The Kier molecular flexibility index (Phi) is 3.27. The second-order valence-electron chi connectivity index (χ2n) is 3.92. The van der Waals surface area contributed by atoms with Gasteiger partial charge in [0.15, 0.2) is 0 Å². The molecule has 0 saturated carbocycles. The van der Waals surface area contributed by atoms with E-state index in [1.165, 1.54) is 19.2 Å². The molecule has 0 aliphatic carbocycles. The lowest BCUT2D eigenvalue weighted by Crippen LogP contribution is -2.30. The number of nitro groups is 1. The minimum Gasteiger partial charge on any atom is -0.468 e. The first kappa shape index (κ1) is 12.2. The van der Waals surface area contributed by atoms with Crippen LogP contribution in [0.5, 0.6) is 0 Å². The molecule has 1 rings (SSSR count). The van der Waals surface area contributed by atoms with Crippen LogP contribution in [0.15, 0.2) is 24.3 Å². The first-order valence-corrected chi connectivity index (χ1v) is 4.73. The summed E-state index contributed by atoms with van der Waals surface area (Å²) in [4.78, 5) is 21.6. The van der Waals surface area contributed by atoms with Gasteiger partial charge < -0.3 is 4.74 Å². The summed E-state index contributed by atoms with van der Waals surface area (Å²) in [6.07, 6.45) is 0. The van der Waals surface area contributed by atoms with Crippen molar-refractivity contribution in [3.63, 3.8) is 0 Å². The second-order valence-corrected chi connectivity index (χ2v) is 3.92. The molecule has 0 heterocycles. The molecule has 0 spiro atoms. The number of nitro benzene ring substituents is 1. The fourth-order valence-electron chi connectivity index (χ4n) is 1.38. The molecule has 0 aromatic heterocycles. The predicted octanol–water partition coefficient (Wildman–Crippen LogP) is 2.05. The molecular weight excluding hydrogens is 210 g/mol. The lowest BCUT2D eigenvalue weighted by molar-refractivity contribution is -0.384. The average molecular weight is 223 g/mol. The number of carbonyl (C=O) groups excluding carboxylic acids is 1. The highest BCUT2D eigenvalue weighted by atomic mass is 16.6. The summed E-state index contributed by atoms with van der Waals surface area (Å²) in [5.41, 5.74) is -0.358. The van der Waals surface area contributed by atoms with Crippen molar-refractivity contribution >= 4 is 11.7 Å². The van der Waals surface area contributed by atoms with E-state index < -0.39 is 16.3 Å². The molecule has 0 saturated heterocycles. The SMILES string of the molecule is COC(=O)C(C)(C)c1cccc([N+](=O)[O-])c1. The topological polar surface area (TPSA) is 69.4 Å². The highest BCUT2D eigenvalue weighted by molar-refractivity contribution is 5.82. The van der Waals surface area contributed by atoms with Crippen molar-refractivity contribution < 1.29 is 14.5 Å². The average Bonchev–Trinajstić information content (AvgIpc) is 2.28. The first-order chi connectivity index (χ1) is 7.39. The maximum Gasteiger partial charge on any atom is 0.315 e. The third-order valence-corrected chi connectivity index (χ3v) is 2.47. The Hall–Kier alpha value is -1.91. The zero-order valence-electron chi connectivity index (χ0n) is 9.39. The van der Waals surface area contributed by atoms with Crippen molar-refractivity contribution in [2.75, 3.05) is 7.11 Å². The number of nitrogens with zero attached hydrogens (tertiary/aromatic N) is 1. The van der Waals surface area contributed by atoms with Crippen LogP contribution < -0.4 is 0 Å². The highest BCUT2D eigenvalue weighted by Gasteiger charge is 2.31. The molecule has 0 fully saturated rings. The van der Waals surface area contributed by atoms with E-state index in [0.29, 0.717) is 5.56 Å². The van der Waals surface area contributed by atoms with Crippen LogP contribution in [-0.4, -0.2) is 18.0 Å². The van der Waals surface area contributed by atoms with Gasteiger partial charge in [0.1, 0.15) is 0 Å². The Morgan fingerprint density at radius 2 is 2.06 bits per heavy atom. The number of hydrogen-bond donors (Lipinski definition) is 0. The molecule has 0 radical (unpaired) electrons. The number of non-ortho nitro benzene ring substituents is 1. The molecule has 0 amide bonds. The lowest BCUT2D eigenvalue weighted by atomic mass is 9.84. The highest BCUT2D eigenvalue weighted by Crippen LogP contribution is 2.27. The van der Waals surface area contributed by atoms with Gasteiger partial charge in [-0.2, -0.15) is 0 Å². The van der Waals surface area contributed by atoms with E-state index in [2.05, 4.69) is 4.74 Å². The zero-order valence-corrected chi connectivity index (χ0v) is 9.39. The largest absolute Gasteiger partial charge is 0.468 e. The Bertz CT molecular complexity index is 426. The van der Waals surface area contributed by atoms with E-state index >= 15 is 0 Å². The number of esters is 1. The third kappa shape index (κ3) is 2.18. The van der Waals surface area contributed by atoms with Crippen LogP contribution >= 0.6 is 0 Å². The van der Waals surface area contributed by atoms with Crippen molar-refractivity contribution in [3.8, 4) is 0 Å². The minimum atomic E-state index is -0.888. The molecule has 0 N–H and O–H groups in total. The van der Waals surface area contributed by atoms with E-state index in [-0.39, 0.29) is 5.69 Å². The summed E-state index contributed by atoms with van der Waals surface area (Å²) in [6, 6.07) is 6.00. The maximum atomic E-state index is 11.5. The summed E-state index contributed by atoms with van der Waals surface area (Å²) in [5, 5.41) is 10.6. The number of carbonyl (C=O) groups is 1. The van der Waals surface area contributed by atoms with Gasteiger partial charge in [-0.1, -0.05) is 12.1 Å².